The van der Waals surface area contributed by atoms with Crippen LogP contribution in [0.4, 0.5) is 0 Å². The fourth-order valence-electron chi connectivity index (χ4n) is 1.48. The first-order valence-corrected chi connectivity index (χ1v) is 5.64. The second kappa shape index (κ2) is 3.84. The highest BCUT2D eigenvalue weighted by molar-refractivity contribution is 5.32. The monoisotopic (exact) mass is 205 g/mol. The molecule has 0 N–H and O–H groups in total. The molecule has 2 heteroatoms. The number of hydrogen-bond donors (Lipinski definition) is 0. The topological polar surface area (TPSA) is 22.1 Å². The maximum absolute atomic E-state index is 5.84. The number of hydrogen-bond acceptors (Lipinski definition) is 2. The smallest absolute Gasteiger partial charge is 0.141 e. The first-order chi connectivity index (χ1) is 7.06. The Bertz CT molecular complexity index is 337. The quantitative estimate of drug-likeness (QED) is 0.754. The minimum Gasteiger partial charge on any atom is -0.491 e. The second-order valence-corrected chi connectivity index (χ2v) is 5.51. The number of nitrogens with zero attached hydrogens (tertiary/aromatic N) is 1. The van der Waals surface area contributed by atoms with Gasteiger partial charge in [-0.05, 0) is 30.4 Å². The molecule has 1 aromatic rings. The molecule has 82 valence electrons. The highest BCUT2D eigenvalue weighted by atomic mass is 16.5. The summed E-state index contributed by atoms with van der Waals surface area (Å²) >= 11 is 0. The lowest BCUT2D eigenvalue weighted by atomic mass is 9.99. The van der Waals surface area contributed by atoms with E-state index in [1.54, 1.807) is 0 Å². The Kier molecular flexibility index (Phi) is 2.68. The number of ether oxygens (including phenoxy) is 1. The summed E-state index contributed by atoms with van der Waals surface area (Å²) < 4.78 is 5.84. The molecule has 0 spiro atoms. The molecule has 1 heterocycles. The predicted molar refractivity (Wildman–Crippen MR) is 61.2 cm³/mol. The molecule has 0 atom stereocenters. The van der Waals surface area contributed by atoms with E-state index in [1.807, 2.05) is 18.3 Å². The lowest BCUT2D eigenvalue weighted by molar-refractivity contribution is 0.195. The third-order valence-corrected chi connectivity index (χ3v) is 2.42. The van der Waals surface area contributed by atoms with Gasteiger partial charge in [-0.1, -0.05) is 20.8 Å². The van der Waals surface area contributed by atoms with Crippen LogP contribution in [0.15, 0.2) is 18.3 Å². The molecule has 1 aromatic heterocycles. The lowest BCUT2D eigenvalue weighted by Gasteiger charge is -2.19. The maximum atomic E-state index is 5.84. The van der Waals surface area contributed by atoms with Crippen molar-refractivity contribution in [1.82, 2.24) is 4.98 Å². The van der Waals surface area contributed by atoms with E-state index in [0.717, 1.165) is 18.1 Å². The van der Waals surface area contributed by atoms with Crippen LogP contribution in [0.1, 0.15) is 45.2 Å². The molecule has 0 radical (unpaired) electrons. The number of rotatable bonds is 3. The molecule has 1 aliphatic rings. The Morgan fingerprint density at radius 3 is 2.73 bits per heavy atom. The van der Waals surface area contributed by atoms with Crippen LogP contribution in [0.25, 0.3) is 0 Å². The van der Waals surface area contributed by atoms with Crippen LogP contribution in [0.5, 0.6) is 5.75 Å². The third-order valence-electron chi connectivity index (χ3n) is 2.42. The van der Waals surface area contributed by atoms with Gasteiger partial charge in [0.1, 0.15) is 5.75 Å². The summed E-state index contributed by atoms with van der Waals surface area (Å²) in [6.45, 7) is 7.29. The van der Waals surface area contributed by atoms with E-state index in [2.05, 4.69) is 25.8 Å². The summed E-state index contributed by atoms with van der Waals surface area (Å²) in [5, 5.41) is 0. The molecule has 2 nitrogen and oxygen atoms in total. The van der Waals surface area contributed by atoms with E-state index in [0.29, 0.717) is 5.92 Å². The van der Waals surface area contributed by atoms with Crippen molar-refractivity contribution in [3.63, 3.8) is 0 Å². The van der Waals surface area contributed by atoms with Gasteiger partial charge in [-0.3, -0.25) is 4.98 Å². The van der Waals surface area contributed by atoms with Crippen LogP contribution in [0.2, 0.25) is 0 Å². The standard InChI is InChI=1S/C13H19NO/c1-13(2,3)9-15-11-5-4-8-14-12(11)10-6-7-10/h4-5,8,10H,6-7,9H2,1-3H3. The van der Waals surface area contributed by atoms with Gasteiger partial charge in [-0.15, -0.1) is 0 Å². The highest BCUT2D eigenvalue weighted by Gasteiger charge is 2.28. The van der Waals surface area contributed by atoms with Gasteiger partial charge < -0.3 is 4.74 Å². The van der Waals surface area contributed by atoms with Crippen LogP contribution in [0.3, 0.4) is 0 Å². The molecule has 0 amide bonds. The van der Waals surface area contributed by atoms with Crippen molar-refractivity contribution < 1.29 is 4.74 Å². The molecule has 0 unspecified atom stereocenters. The normalized spacial score (nSPS) is 16.5. The van der Waals surface area contributed by atoms with Gasteiger partial charge in [0.15, 0.2) is 0 Å². The Morgan fingerprint density at radius 2 is 2.13 bits per heavy atom. The van der Waals surface area contributed by atoms with Gasteiger partial charge in [0.25, 0.3) is 0 Å². The van der Waals surface area contributed by atoms with Crippen molar-refractivity contribution in [2.45, 2.75) is 39.5 Å². The zero-order valence-electron chi connectivity index (χ0n) is 9.79. The van der Waals surface area contributed by atoms with Crippen LogP contribution in [-0.2, 0) is 0 Å². The van der Waals surface area contributed by atoms with Crippen LogP contribution in [0, 0.1) is 5.41 Å². The summed E-state index contributed by atoms with van der Waals surface area (Å²) in [7, 11) is 0. The Labute approximate surface area is 91.7 Å². The van der Waals surface area contributed by atoms with Crippen molar-refractivity contribution in [2.75, 3.05) is 6.61 Å². The predicted octanol–water partition coefficient (Wildman–Crippen LogP) is 3.38. The average molecular weight is 205 g/mol. The Balaban J connectivity index is 2.06. The summed E-state index contributed by atoms with van der Waals surface area (Å²) in [5.74, 6) is 1.64. The molecule has 0 saturated heterocycles. The van der Waals surface area contributed by atoms with E-state index in [1.165, 1.54) is 12.8 Å². The summed E-state index contributed by atoms with van der Waals surface area (Å²) in [6, 6.07) is 3.98. The minimum atomic E-state index is 0.205. The van der Waals surface area contributed by atoms with Gasteiger partial charge in [0, 0.05) is 12.1 Å². The molecule has 2 rings (SSSR count). The van der Waals surface area contributed by atoms with E-state index in [4.69, 9.17) is 4.74 Å². The van der Waals surface area contributed by atoms with E-state index < -0.39 is 0 Å². The molecule has 15 heavy (non-hydrogen) atoms. The third kappa shape index (κ3) is 2.95. The van der Waals surface area contributed by atoms with Gasteiger partial charge >= 0.3 is 0 Å². The van der Waals surface area contributed by atoms with E-state index in [9.17, 15) is 0 Å². The molecule has 0 aliphatic heterocycles. The summed E-state index contributed by atoms with van der Waals surface area (Å²) in [5.41, 5.74) is 1.36. The number of pyridine rings is 1. The Hall–Kier alpha value is -1.05. The van der Waals surface area contributed by atoms with E-state index >= 15 is 0 Å². The SMILES string of the molecule is CC(C)(C)COc1cccnc1C1CC1. The zero-order chi connectivity index (χ0) is 10.9. The molecule has 1 saturated carbocycles. The summed E-state index contributed by atoms with van der Waals surface area (Å²) in [4.78, 5) is 4.42. The van der Waals surface area contributed by atoms with Crippen molar-refractivity contribution in [1.29, 1.82) is 0 Å². The summed E-state index contributed by atoms with van der Waals surface area (Å²) in [6.07, 6.45) is 4.39. The second-order valence-electron chi connectivity index (χ2n) is 5.51. The first-order valence-electron chi connectivity index (χ1n) is 5.64. The van der Waals surface area contributed by atoms with Crippen LogP contribution >= 0.6 is 0 Å². The van der Waals surface area contributed by atoms with Crippen molar-refractivity contribution in [2.24, 2.45) is 5.41 Å². The van der Waals surface area contributed by atoms with Gasteiger partial charge in [0.05, 0.1) is 12.3 Å². The van der Waals surface area contributed by atoms with Crippen LogP contribution in [-0.4, -0.2) is 11.6 Å². The van der Waals surface area contributed by atoms with Gasteiger partial charge in [-0.25, -0.2) is 0 Å². The number of aromatic nitrogens is 1. The van der Waals surface area contributed by atoms with Crippen LogP contribution < -0.4 is 4.74 Å². The molecule has 1 aliphatic carbocycles. The fourth-order valence-corrected chi connectivity index (χ4v) is 1.48. The average Bonchev–Trinajstić information content (AvgIpc) is 2.97. The maximum Gasteiger partial charge on any atom is 0.141 e. The molecule has 1 fully saturated rings. The zero-order valence-corrected chi connectivity index (χ0v) is 9.79. The first kappa shape index (κ1) is 10.5. The molecule has 0 bridgehead atoms. The molecule has 0 aromatic carbocycles. The van der Waals surface area contributed by atoms with Crippen molar-refractivity contribution in [3.8, 4) is 5.75 Å². The molecular formula is C13H19NO. The van der Waals surface area contributed by atoms with Crippen molar-refractivity contribution >= 4 is 0 Å². The van der Waals surface area contributed by atoms with Gasteiger partial charge in [-0.2, -0.15) is 0 Å². The minimum absolute atomic E-state index is 0.205. The van der Waals surface area contributed by atoms with Crippen molar-refractivity contribution in [3.05, 3.63) is 24.0 Å². The fraction of sp³-hybridized carbons (Fsp3) is 0.615. The lowest BCUT2D eigenvalue weighted by Crippen LogP contribution is -2.17. The molecular weight excluding hydrogens is 186 g/mol. The largest absolute Gasteiger partial charge is 0.491 e. The van der Waals surface area contributed by atoms with E-state index in [-0.39, 0.29) is 5.41 Å². The highest BCUT2D eigenvalue weighted by Crippen LogP contribution is 2.43. The van der Waals surface area contributed by atoms with Gasteiger partial charge in [0.2, 0.25) is 0 Å². The Morgan fingerprint density at radius 1 is 1.40 bits per heavy atom.